The molecule has 0 atom stereocenters. The van der Waals surface area contributed by atoms with Gasteiger partial charge in [0.1, 0.15) is 0 Å². The third-order valence-electron chi connectivity index (χ3n) is 2.48. The summed E-state index contributed by atoms with van der Waals surface area (Å²) in [5, 5.41) is 0. The Morgan fingerprint density at radius 2 is 2.25 bits per heavy atom. The molecule has 2 rings (SSSR count). The molecule has 0 radical (unpaired) electrons. The van der Waals surface area contributed by atoms with E-state index in [4.69, 9.17) is 10.5 Å². The zero-order valence-electron chi connectivity index (χ0n) is 10.5. The van der Waals surface area contributed by atoms with Crippen LogP contribution in [0.15, 0.2) is 28.7 Å². The second-order valence-corrected chi connectivity index (χ2v) is 6.56. The fourth-order valence-electron chi connectivity index (χ4n) is 1.54. The Balaban J connectivity index is 2.25. The van der Waals surface area contributed by atoms with Crippen molar-refractivity contribution in [3.05, 3.63) is 34.5 Å². The van der Waals surface area contributed by atoms with Crippen LogP contribution in [-0.4, -0.2) is 20.5 Å². The molecule has 1 aromatic carbocycles. The van der Waals surface area contributed by atoms with Gasteiger partial charge < -0.3 is 10.5 Å². The second kappa shape index (κ2) is 5.73. The predicted octanol–water partition coefficient (Wildman–Crippen LogP) is 1.35. The third-order valence-corrected chi connectivity index (χ3v) is 4.64. The van der Waals surface area contributed by atoms with Crippen molar-refractivity contribution < 1.29 is 17.5 Å². The van der Waals surface area contributed by atoms with Gasteiger partial charge in [0.25, 0.3) is 0 Å². The molecule has 0 unspecified atom stereocenters. The van der Waals surface area contributed by atoms with Crippen molar-refractivity contribution in [1.29, 1.82) is 0 Å². The van der Waals surface area contributed by atoms with Gasteiger partial charge >= 0.3 is 0 Å². The van der Waals surface area contributed by atoms with E-state index in [9.17, 15) is 12.8 Å². The van der Waals surface area contributed by atoms with Crippen molar-refractivity contribution in [2.45, 2.75) is 11.4 Å². The SMILES string of the molecule is COc1c(N)cc(S(=O)(=O)NCc2cncs2)cc1F. The van der Waals surface area contributed by atoms with Crippen molar-refractivity contribution in [2.75, 3.05) is 12.8 Å². The van der Waals surface area contributed by atoms with Crippen molar-refractivity contribution >= 4 is 27.0 Å². The van der Waals surface area contributed by atoms with E-state index in [0.29, 0.717) is 0 Å². The van der Waals surface area contributed by atoms with Gasteiger partial charge in [0.2, 0.25) is 10.0 Å². The third kappa shape index (κ3) is 3.06. The van der Waals surface area contributed by atoms with E-state index in [-0.39, 0.29) is 22.9 Å². The molecule has 108 valence electrons. The van der Waals surface area contributed by atoms with Crippen molar-refractivity contribution in [3.63, 3.8) is 0 Å². The first-order valence-corrected chi connectivity index (χ1v) is 7.80. The summed E-state index contributed by atoms with van der Waals surface area (Å²) in [6.45, 7) is 0.0839. The summed E-state index contributed by atoms with van der Waals surface area (Å²) in [5.74, 6) is -1.00. The van der Waals surface area contributed by atoms with E-state index < -0.39 is 15.8 Å². The molecule has 20 heavy (non-hydrogen) atoms. The fourth-order valence-corrected chi connectivity index (χ4v) is 3.22. The summed E-state index contributed by atoms with van der Waals surface area (Å²) >= 11 is 1.31. The summed E-state index contributed by atoms with van der Waals surface area (Å²) in [5.41, 5.74) is 7.07. The molecule has 0 amide bonds. The molecule has 0 bridgehead atoms. The fraction of sp³-hybridized carbons (Fsp3) is 0.182. The van der Waals surface area contributed by atoms with Gasteiger partial charge in [-0.05, 0) is 12.1 Å². The summed E-state index contributed by atoms with van der Waals surface area (Å²) in [4.78, 5) is 4.33. The highest BCUT2D eigenvalue weighted by molar-refractivity contribution is 7.89. The molecule has 2 aromatic rings. The average Bonchev–Trinajstić information content (AvgIpc) is 2.89. The number of methoxy groups -OCH3 is 1. The van der Waals surface area contributed by atoms with E-state index in [0.717, 1.165) is 17.0 Å². The number of nitrogen functional groups attached to an aromatic ring is 1. The van der Waals surface area contributed by atoms with Gasteiger partial charge in [0.05, 0.1) is 23.2 Å². The van der Waals surface area contributed by atoms with Crippen LogP contribution >= 0.6 is 11.3 Å². The van der Waals surface area contributed by atoms with Crippen molar-refractivity contribution in [1.82, 2.24) is 9.71 Å². The minimum atomic E-state index is -3.85. The highest BCUT2D eigenvalue weighted by Gasteiger charge is 2.19. The number of nitrogens with two attached hydrogens (primary N) is 1. The van der Waals surface area contributed by atoms with Gasteiger partial charge in [0.15, 0.2) is 11.6 Å². The minimum Gasteiger partial charge on any atom is -0.492 e. The van der Waals surface area contributed by atoms with Gasteiger partial charge in [-0.15, -0.1) is 11.3 Å². The maximum atomic E-state index is 13.7. The number of aromatic nitrogens is 1. The molecule has 0 spiro atoms. The molecule has 0 saturated heterocycles. The van der Waals surface area contributed by atoms with Gasteiger partial charge in [-0.1, -0.05) is 0 Å². The maximum Gasteiger partial charge on any atom is 0.241 e. The first-order valence-electron chi connectivity index (χ1n) is 5.44. The molecule has 1 heterocycles. The number of hydrogen-bond acceptors (Lipinski definition) is 6. The Morgan fingerprint density at radius 1 is 1.50 bits per heavy atom. The maximum absolute atomic E-state index is 13.7. The first-order chi connectivity index (χ1) is 9.44. The Kier molecular flexibility index (Phi) is 4.21. The van der Waals surface area contributed by atoms with Gasteiger partial charge in [-0.2, -0.15) is 0 Å². The van der Waals surface area contributed by atoms with E-state index in [1.807, 2.05) is 0 Å². The zero-order valence-corrected chi connectivity index (χ0v) is 12.1. The smallest absolute Gasteiger partial charge is 0.241 e. The van der Waals surface area contributed by atoms with Crippen LogP contribution in [0.25, 0.3) is 0 Å². The van der Waals surface area contributed by atoms with E-state index in [1.54, 1.807) is 11.7 Å². The van der Waals surface area contributed by atoms with Crippen LogP contribution in [0, 0.1) is 5.82 Å². The number of hydrogen-bond donors (Lipinski definition) is 2. The van der Waals surface area contributed by atoms with Gasteiger partial charge in [0, 0.05) is 17.6 Å². The second-order valence-electron chi connectivity index (χ2n) is 3.82. The van der Waals surface area contributed by atoms with Crippen LogP contribution in [0.3, 0.4) is 0 Å². The Labute approximate surface area is 119 Å². The molecule has 1 aromatic heterocycles. The number of ether oxygens (including phenoxy) is 1. The monoisotopic (exact) mass is 317 g/mol. The van der Waals surface area contributed by atoms with Crippen LogP contribution in [0.5, 0.6) is 5.75 Å². The molecule has 3 N–H and O–H groups in total. The average molecular weight is 317 g/mol. The quantitative estimate of drug-likeness (QED) is 0.812. The molecule has 0 fully saturated rings. The highest BCUT2D eigenvalue weighted by atomic mass is 32.2. The van der Waals surface area contributed by atoms with E-state index >= 15 is 0 Å². The molecule has 0 aliphatic carbocycles. The first kappa shape index (κ1) is 14.7. The number of nitrogens with one attached hydrogen (secondary N) is 1. The van der Waals surface area contributed by atoms with Crippen LogP contribution < -0.4 is 15.2 Å². The van der Waals surface area contributed by atoms with Crippen LogP contribution in [0.2, 0.25) is 0 Å². The number of nitrogens with zero attached hydrogens (tertiary/aromatic N) is 1. The number of rotatable bonds is 5. The molecule has 0 aliphatic rings. The lowest BCUT2D eigenvalue weighted by atomic mass is 10.3. The van der Waals surface area contributed by atoms with Gasteiger partial charge in [-0.25, -0.2) is 17.5 Å². The number of anilines is 1. The summed E-state index contributed by atoms with van der Waals surface area (Å²) in [6.07, 6.45) is 1.55. The lowest BCUT2D eigenvalue weighted by molar-refractivity contribution is 0.388. The zero-order chi connectivity index (χ0) is 14.8. The Bertz CT molecular complexity index is 679. The van der Waals surface area contributed by atoms with Gasteiger partial charge in [-0.3, -0.25) is 4.98 Å². The molecule has 0 saturated carbocycles. The largest absolute Gasteiger partial charge is 0.492 e. The molecule has 6 nitrogen and oxygen atoms in total. The number of thiazole rings is 1. The van der Waals surface area contributed by atoms with Crippen LogP contribution in [-0.2, 0) is 16.6 Å². The number of sulfonamides is 1. The summed E-state index contributed by atoms with van der Waals surface area (Å²) in [6, 6.07) is 2.01. The van der Waals surface area contributed by atoms with Crippen molar-refractivity contribution in [2.24, 2.45) is 0 Å². The highest BCUT2D eigenvalue weighted by Crippen LogP contribution is 2.28. The number of benzene rings is 1. The van der Waals surface area contributed by atoms with Crippen LogP contribution in [0.4, 0.5) is 10.1 Å². The van der Waals surface area contributed by atoms with E-state index in [2.05, 4.69) is 9.71 Å². The lowest BCUT2D eigenvalue weighted by Crippen LogP contribution is -2.23. The summed E-state index contributed by atoms with van der Waals surface area (Å²) < 4.78 is 44.8. The molecule has 0 aliphatic heterocycles. The van der Waals surface area contributed by atoms with Crippen molar-refractivity contribution in [3.8, 4) is 5.75 Å². The summed E-state index contributed by atoms with van der Waals surface area (Å²) in [7, 11) is -2.60. The Morgan fingerprint density at radius 3 is 2.80 bits per heavy atom. The molecular weight excluding hydrogens is 305 g/mol. The lowest BCUT2D eigenvalue weighted by Gasteiger charge is -2.10. The Hall–Kier alpha value is -1.71. The molecular formula is C11H12FN3O3S2. The standard InChI is InChI=1S/C11H12FN3O3S2/c1-18-11-9(12)2-8(3-10(11)13)20(16,17)15-5-7-4-14-6-19-7/h2-4,6,15H,5,13H2,1H3. The van der Waals surface area contributed by atoms with E-state index in [1.165, 1.54) is 18.4 Å². The topological polar surface area (TPSA) is 94.3 Å². The van der Waals surface area contributed by atoms with Crippen LogP contribution in [0.1, 0.15) is 4.88 Å². The predicted molar refractivity (Wildman–Crippen MR) is 73.5 cm³/mol. The normalized spacial score (nSPS) is 11.5. The molecule has 9 heteroatoms. The number of halogens is 1. The minimum absolute atomic E-state index is 0.0781.